The standard InChI is InChI=1S/C14H22ClNO2/c1-3-7-17-8-9-18-14-6-5-13(15)10-12(14)11-16-4-2/h5-6,10,16H,3-4,7-9,11H2,1-2H3. The van der Waals surface area contributed by atoms with Crippen LogP contribution >= 0.6 is 11.6 Å². The third-order valence-electron chi connectivity index (χ3n) is 2.42. The minimum Gasteiger partial charge on any atom is -0.491 e. The minimum absolute atomic E-state index is 0.570. The zero-order valence-corrected chi connectivity index (χ0v) is 11.9. The fourth-order valence-electron chi connectivity index (χ4n) is 1.54. The van der Waals surface area contributed by atoms with Crippen LogP contribution in [0.5, 0.6) is 5.75 Å². The quantitative estimate of drug-likeness (QED) is 0.700. The molecule has 0 saturated heterocycles. The number of hydrogen-bond acceptors (Lipinski definition) is 3. The summed E-state index contributed by atoms with van der Waals surface area (Å²) in [4.78, 5) is 0. The van der Waals surface area contributed by atoms with Gasteiger partial charge in [-0.1, -0.05) is 25.4 Å². The van der Waals surface area contributed by atoms with Gasteiger partial charge < -0.3 is 14.8 Å². The van der Waals surface area contributed by atoms with Gasteiger partial charge in [0, 0.05) is 23.7 Å². The Bertz CT molecular complexity index is 345. The van der Waals surface area contributed by atoms with Crippen molar-refractivity contribution >= 4 is 11.6 Å². The molecule has 1 N–H and O–H groups in total. The van der Waals surface area contributed by atoms with Gasteiger partial charge in [0.2, 0.25) is 0 Å². The predicted molar refractivity (Wildman–Crippen MR) is 75.4 cm³/mol. The SMILES string of the molecule is CCCOCCOc1ccc(Cl)cc1CNCC. The van der Waals surface area contributed by atoms with Crippen LogP contribution in [-0.4, -0.2) is 26.4 Å². The molecular formula is C14H22ClNO2. The zero-order valence-electron chi connectivity index (χ0n) is 11.2. The molecule has 0 fully saturated rings. The van der Waals surface area contributed by atoms with E-state index in [2.05, 4.69) is 19.2 Å². The van der Waals surface area contributed by atoms with Crippen molar-refractivity contribution in [3.05, 3.63) is 28.8 Å². The molecule has 0 saturated carbocycles. The summed E-state index contributed by atoms with van der Waals surface area (Å²) in [5.74, 6) is 0.875. The maximum absolute atomic E-state index is 5.99. The van der Waals surface area contributed by atoms with Crippen molar-refractivity contribution in [2.24, 2.45) is 0 Å². The third-order valence-corrected chi connectivity index (χ3v) is 2.66. The van der Waals surface area contributed by atoms with Gasteiger partial charge in [-0.2, -0.15) is 0 Å². The van der Waals surface area contributed by atoms with Crippen LogP contribution in [-0.2, 0) is 11.3 Å². The summed E-state index contributed by atoms with van der Waals surface area (Å²) >= 11 is 5.99. The molecule has 3 nitrogen and oxygen atoms in total. The highest BCUT2D eigenvalue weighted by molar-refractivity contribution is 6.30. The summed E-state index contributed by atoms with van der Waals surface area (Å²) in [6.07, 6.45) is 1.03. The van der Waals surface area contributed by atoms with E-state index in [1.54, 1.807) is 0 Å². The molecule has 102 valence electrons. The largest absolute Gasteiger partial charge is 0.491 e. The number of ether oxygens (including phenoxy) is 2. The van der Waals surface area contributed by atoms with Gasteiger partial charge in [0.15, 0.2) is 0 Å². The van der Waals surface area contributed by atoms with Gasteiger partial charge in [0.25, 0.3) is 0 Å². The molecule has 0 bridgehead atoms. The molecular weight excluding hydrogens is 250 g/mol. The Kier molecular flexibility index (Phi) is 7.81. The van der Waals surface area contributed by atoms with Crippen molar-refractivity contribution in [1.29, 1.82) is 0 Å². The third kappa shape index (κ3) is 5.71. The molecule has 0 aliphatic heterocycles. The van der Waals surface area contributed by atoms with Crippen LogP contribution in [0.15, 0.2) is 18.2 Å². The molecule has 0 aromatic heterocycles. The van der Waals surface area contributed by atoms with Gasteiger partial charge in [-0.15, -0.1) is 0 Å². The number of benzene rings is 1. The molecule has 0 radical (unpaired) electrons. The first-order valence-corrected chi connectivity index (χ1v) is 6.85. The molecule has 0 aliphatic rings. The number of rotatable bonds is 9. The van der Waals surface area contributed by atoms with E-state index in [-0.39, 0.29) is 0 Å². The maximum Gasteiger partial charge on any atom is 0.124 e. The molecule has 4 heteroatoms. The average Bonchev–Trinajstić information content (AvgIpc) is 2.38. The molecule has 0 atom stereocenters. The van der Waals surface area contributed by atoms with Crippen molar-refractivity contribution < 1.29 is 9.47 Å². The van der Waals surface area contributed by atoms with Gasteiger partial charge in [0.1, 0.15) is 12.4 Å². The van der Waals surface area contributed by atoms with E-state index >= 15 is 0 Å². The van der Waals surface area contributed by atoms with E-state index < -0.39 is 0 Å². The fourth-order valence-corrected chi connectivity index (χ4v) is 1.74. The van der Waals surface area contributed by atoms with Crippen LogP contribution in [0, 0.1) is 0 Å². The van der Waals surface area contributed by atoms with Crippen molar-refractivity contribution in [3.8, 4) is 5.75 Å². The molecule has 18 heavy (non-hydrogen) atoms. The number of halogens is 1. The van der Waals surface area contributed by atoms with Crippen LogP contribution in [0.1, 0.15) is 25.8 Å². The molecule has 0 spiro atoms. The Morgan fingerprint density at radius 3 is 2.72 bits per heavy atom. The Labute approximate surface area is 114 Å². The second-order valence-electron chi connectivity index (χ2n) is 3.99. The lowest BCUT2D eigenvalue weighted by molar-refractivity contribution is 0.100. The van der Waals surface area contributed by atoms with E-state index in [0.29, 0.717) is 13.2 Å². The maximum atomic E-state index is 5.99. The normalized spacial score (nSPS) is 10.6. The van der Waals surface area contributed by atoms with Gasteiger partial charge in [0.05, 0.1) is 6.61 Å². The van der Waals surface area contributed by atoms with Crippen molar-refractivity contribution in [2.45, 2.75) is 26.8 Å². The number of hydrogen-bond donors (Lipinski definition) is 1. The monoisotopic (exact) mass is 271 g/mol. The predicted octanol–water partition coefficient (Wildman–Crippen LogP) is 3.25. The highest BCUT2D eigenvalue weighted by Crippen LogP contribution is 2.22. The molecule has 0 heterocycles. The van der Waals surface area contributed by atoms with Crippen molar-refractivity contribution in [1.82, 2.24) is 5.32 Å². The summed E-state index contributed by atoms with van der Waals surface area (Å²) in [6.45, 7) is 7.83. The van der Waals surface area contributed by atoms with E-state index in [1.807, 2.05) is 18.2 Å². The van der Waals surface area contributed by atoms with E-state index in [0.717, 1.165) is 42.5 Å². The minimum atomic E-state index is 0.570. The van der Waals surface area contributed by atoms with E-state index in [4.69, 9.17) is 21.1 Å². The lowest BCUT2D eigenvalue weighted by Crippen LogP contribution is -2.14. The molecule has 1 aromatic rings. The van der Waals surface area contributed by atoms with Crippen LogP contribution in [0.3, 0.4) is 0 Å². The topological polar surface area (TPSA) is 30.5 Å². The van der Waals surface area contributed by atoms with Gasteiger partial charge >= 0.3 is 0 Å². The number of nitrogens with one attached hydrogen (secondary N) is 1. The molecule has 1 rings (SSSR count). The second kappa shape index (κ2) is 9.20. The van der Waals surface area contributed by atoms with Crippen molar-refractivity contribution in [3.63, 3.8) is 0 Å². The highest BCUT2D eigenvalue weighted by Gasteiger charge is 2.04. The first kappa shape index (κ1) is 15.3. The smallest absolute Gasteiger partial charge is 0.124 e. The Morgan fingerprint density at radius 1 is 1.17 bits per heavy atom. The summed E-state index contributed by atoms with van der Waals surface area (Å²) in [5.41, 5.74) is 1.08. The second-order valence-corrected chi connectivity index (χ2v) is 4.43. The van der Waals surface area contributed by atoms with Crippen LogP contribution in [0.4, 0.5) is 0 Å². The van der Waals surface area contributed by atoms with Gasteiger partial charge in [-0.05, 0) is 31.2 Å². The molecule has 0 unspecified atom stereocenters. The van der Waals surface area contributed by atoms with Crippen LogP contribution in [0.25, 0.3) is 0 Å². The lowest BCUT2D eigenvalue weighted by Gasteiger charge is -2.12. The molecule has 0 aliphatic carbocycles. The van der Waals surface area contributed by atoms with Gasteiger partial charge in [-0.3, -0.25) is 0 Å². The summed E-state index contributed by atoms with van der Waals surface area (Å²) < 4.78 is 11.1. The average molecular weight is 272 g/mol. The highest BCUT2D eigenvalue weighted by atomic mass is 35.5. The van der Waals surface area contributed by atoms with Crippen LogP contribution < -0.4 is 10.1 Å². The summed E-state index contributed by atoms with van der Waals surface area (Å²) in [5, 5.41) is 4.01. The first-order chi connectivity index (χ1) is 8.77. The van der Waals surface area contributed by atoms with Crippen molar-refractivity contribution in [2.75, 3.05) is 26.4 Å². The lowest BCUT2D eigenvalue weighted by atomic mass is 10.2. The Morgan fingerprint density at radius 2 is 2.00 bits per heavy atom. The fraction of sp³-hybridized carbons (Fsp3) is 0.571. The molecule has 1 aromatic carbocycles. The van der Waals surface area contributed by atoms with E-state index in [9.17, 15) is 0 Å². The summed E-state index contributed by atoms with van der Waals surface area (Å²) in [7, 11) is 0. The Balaban J connectivity index is 2.47. The zero-order chi connectivity index (χ0) is 13.2. The summed E-state index contributed by atoms with van der Waals surface area (Å²) in [6, 6.07) is 5.69. The first-order valence-electron chi connectivity index (χ1n) is 6.47. The van der Waals surface area contributed by atoms with E-state index in [1.165, 1.54) is 0 Å². The van der Waals surface area contributed by atoms with Gasteiger partial charge in [-0.25, -0.2) is 0 Å². The van der Waals surface area contributed by atoms with Crippen LogP contribution in [0.2, 0.25) is 5.02 Å². The Hall–Kier alpha value is -0.770. The molecule has 0 amide bonds.